The molecule has 0 bridgehead atoms. The van der Waals surface area contributed by atoms with Crippen LogP contribution in [-0.2, 0) is 11.0 Å². The number of nitrogens with two attached hydrogens (primary N) is 1. The standard InChI is InChI=1S/C24H22F3N5O3/c1-34-18-8-5-13(11-19(18)35-2)14-9-16-20(17(33)10-14)21(32-23(29-16)30-22(28)31-32)12-3-6-15(7-4-12)24(25,26)27/h3-8,11,14,21H,9-10H2,1-2H3,(H3,28,29,30,31). The number of Topliss-reactive ketones (excluding diaryl/α,β-unsaturated/α-hetero) is 1. The maximum Gasteiger partial charge on any atom is 0.416 e. The molecule has 8 nitrogen and oxygen atoms in total. The van der Waals surface area contributed by atoms with Crippen LogP contribution < -0.4 is 20.5 Å². The van der Waals surface area contributed by atoms with Gasteiger partial charge in [-0.2, -0.15) is 18.2 Å². The first-order valence-corrected chi connectivity index (χ1v) is 10.8. The van der Waals surface area contributed by atoms with Gasteiger partial charge in [-0.05, 0) is 47.7 Å². The molecule has 3 N–H and O–H groups in total. The number of allylic oxidation sites excluding steroid dienone is 2. The number of benzene rings is 2. The molecule has 11 heteroatoms. The number of halogens is 3. The van der Waals surface area contributed by atoms with Crippen LogP contribution in [0.25, 0.3) is 0 Å². The number of aromatic nitrogens is 3. The first kappa shape index (κ1) is 22.8. The van der Waals surface area contributed by atoms with Gasteiger partial charge in [-0.15, -0.1) is 5.10 Å². The molecule has 2 aliphatic rings. The van der Waals surface area contributed by atoms with Gasteiger partial charge >= 0.3 is 6.18 Å². The van der Waals surface area contributed by atoms with Gasteiger partial charge in [0.1, 0.15) is 6.04 Å². The fourth-order valence-corrected chi connectivity index (χ4v) is 4.73. The van der Waals surface area contributed by atoms with Crippen molar-refractivity contribution in [3.63, 3.8) is 0 Å². The number of nitrogen functional groups attached to an aromatic ring is 1. The molecule has 3 aromatic rings. The topological polar surface area (TPSA) is 104 Å². The quantitative estimate of drug-likeness (QED) is 0.567. The van der Waals surface area contributed by atoms with Gasteiger partial charge in [0.2, 0.25) is 11.9 Å². The van der Waals surface area contributed by atoms with E-state index in [9.17, 15) is 18.0 Å². The van der Waals surface area contributed by atoms with E-state index in [-0.39, 0.29) is 24.1 Å². The second-order valence-corrected chi connectivity index (χ2v) is 8.42. The van der Waals surface area contributed by atoms with Crippen LogP contribution in [0.1, 0.15) is 41.5 Å². The molecule has 2 atom stereocenters. The summed E-state index contributed by atoms with van der Waals surface area (Å²) in [6, 6.07) is 9.50. The van der Waals surface area contributed by atoms with Crippen molar-refractivity contribution >= 4 is 17.7 Å². The smallest absolute Gasteiger partial charge is 0.416 e. The van der Waals surface area contributed by atoms with Crippen molar-refractivity contribution in [2.75, 3.05) is 25.3 Å². The number of fused-ring (bicyclic) bond motifs is 1. The summed E-state index contributed by atoms with van der Waals surface area (Å²) >= 11 is 0. The van der Waals surface area contributed by atoms with E-state index in [2.05, 4.69) is 15.4 Å². The highest BCUT2D eigenvalue weighted by Crippen LogP contribution is 2.45. The lowest BCUT2D eigenvalue weighted by Crippen LogP contribution is -2.33. The average molecular weight is 485 g/mol. The molecule has 0 spiro atoms. The zero-order valence-electron chi connectivity index (χ0n) is 18.9. The van der Waals surface area contributed by atoms with Gasteiger partial charge in [0, 0.05) is 17.7 Å². The van der Waals surface area contributed by atoms with Crippen LogP contribution in [0, 0.1) is 0 Å². The second-order valence-electron chi connectivity index (χ2n) is 8.42. The number of nitrogens with one attached hydrogen (secondary N) is 1. The van der Waals surface area contributed by atoms with Gasteiger partial charge in [-0.1, -0.05) is 18.2 Å². The molecule has 2 heterocycles. The number of hydrogen-bond donors (Lipinski definition) is 2. The third-order valence-electron chi connectivity index (χ3n) is 6.37. The zero-order chi connectivity index (χ0) is 24.9. The van der Waals surface area contributed by atoms with Crippen LogP contribution in [0.4, 0.5) is 25.1 Å². The van der Waals surface area contributed by atoms with Crippen molar-refractivity contribution in [3.05, 3.63) is 70.4 Å². The number of alkyl halides is 3. The maximum absolute atomic E-state index is 13.5. The normalized spacial score (nSPS) is 19.6. The molecular formula is C24H22F3N5O3. The van der Waals surface area contributed by atoms with Crippen LogP contribution in [0.5, 0.6) is 11.5 Å². The third-order valence-corrected chi connectivity index (χ3v) is 6.37. The lowest BCUT2D eigenvalue weighted by atomic mass is 9.78. The minimum Gasteiger partial charge on any atom is -0.493 e. The monoisotopic (exact) mass is 485 g/mol. The number of methoxy groups -OCH3 is 2. The van der Waals surface area contributed by atoms with E-state index in [1.807, 2.05) is 12.1 Å². The summed E-state index contributed by atoms with van der Waals surface area (Å²) in [4.78, 5) is 17.7. The molecule has 0 saturated carbocycles. The SMILES string of the molecule is COc1ccc(C2CC(=O)C3=C(C2)Nc2nc(N)nn2C3c2ccc(C(F)(F)F)cc2)cc1OC. The Kier molecular flexibility index (Phi) is 5.42. The summed E-state index contributed by atoms with van der Waals surface area (Å²) in [5.74, 6) is 1.18. The molecule has 5 rings (SSSR count). The van der Waals surface area contributed by atoms with Crippen molar-refractivity contribution < 1.29 is 27.4 Å². The molecule has 0 saturated heterocycles. The predicted molar refractivity (Wildman–Crippen MR) is 121 cm³/mol. The van der Waals surface area contributed by atoms with E-state index < -0.39 is 17.8 Å². The maximum atomic E-state index is 13.5. The van der Waals surface area contributed by atoms with Gasteiger partial charge in [0.25, 0.3) is 0 Å². The number of carbonyl (C=O) groups excluding carboxylic acids is 1. The highest BCUT2D eigenvalue weighted by atomic mass is 19.4. The van der Waals surface area contributed by atoms with Gasteiger partial charge in [-0.25, -0.2) is 4.68 Å². The predicted octanol–water partition coefficient (Wildman–Crippen LogP) is 4.31. The van der Waals surface area contributed by atoms with Gasteiger partial charge < -0.3 is 20.5 Å². The fraction of sp³-hybridized carbons (Fsp3) is 0.292. The lowest BCUT2D eigenvalue weighted by Gasteiger charge is -2.35. The van der Waals surface area contributed by atoms with Crippen molar-refractivity contribution in [1.29, 1.82) is 0 Å². The molecule has 0 fully saturated rings. The number of nitrogens with zero attached hydrogens (tertiary/aromatic N) is 3. The molecule has 0 radical (unpaired) electrons. The van der Waals surface area contributed by atoms with Gasteiger partial charge in [-0.3, -0.25) is 4.79 Å². The van der Waals surface area contributed by atoms with Crippen molar-refractivity contribution in [3.8, 4) is 11.5 Å². The summed E-state index contributed by atoms with van der Waals surface area (Å²) in [6.45, 7) is 0. The largest absolute Gasteiger partial charge is 0.493 e. The minimum atomic E-state index is -4.47. The van der Waals surface area contributed by atoms with Crippen molar-refractivity contribution in [2.24, 2.45) is 0 Å². The number of carbonyl (C=O) groups is 1. The summed E-state index contributed by atoms with van der Waals surface area (Å²) in [5, 5.41) is 7.38. The van der Waals surface area contributed by atoms with Crippen LogP contribution in [0.2, 0.25) is 0 Å². The van der Waals surface area contributed by atoms with Crippen LogP contribution in [0.3, 0.4) is 0 Å². The molecular weight excluding hydrogens is 463 g/mol. The second kappa shape index (κ2) is 8.33. The Morgan fingerprint density at radius 2 is 1.71 bits per heavy atom. The third kappa shape index (κ3) is 3.96. The molecule has 2 unspecified atom stereocenters. The molecule has 35 heavy (non-hydrogen) atoms. The number of ketones is 1. The van der Waals surface area contributed by atoms with Crippen LogP contribution >= 0.6 is 0 Å². The Labute approximate surface area is 198 Å². The van der Waals surface area contributed by atoms with E-state index in [0.717, 1.165) is 17.7 Å². The number of anilines is 2. The molecule has 0 amide bonds. The molecule has 1 aliphatic carbocycles. The first-order valence-electron chi connectivity index (χ1n) is 10.8. The molecule has 1 aliphatic heterocycles. The fourth-order valence-electron chi connectivity index (χ4n) is 4.73. The summed E-state index contributed by atoms with van der Waals surface area (Å²) < 4.78 is 51.5. The summed E-state index contributed by atoms with van der Waals surface area (Å²) in [6.07, 6.45) is -3.76. The summed E-state index contributed by atoms with van der Waals surface area (Å²) in [7, 11) is 3.09. The van der Waals surface area contributed by atoms with Gasteiger partial charge in [0.15, 0.2) is 17.3 Å². The summed E-state index contributed by atoms with van der Waals surface area (Å²) in [5.41, 5.74) is 7.52. The Balaban J connectivity index is 1.55. The van der Waals surface area contributed by atoms with E-state index in [1.165, 1.54) is 16.8 Å². The minimum absolute atomic E-state index is 0.00634. The number of ether oxygens (including phenoxy) is 2. The Morgan fingerprint density at radius 1 is 1.03 bits per heavy atom. The van der Waals surface area contributed by atoms with E-state index >= 15 is 0 Å². The number of hydrogen-bond acceptors (Lipinski definition) is 7. The lowest BCUT2D eigenvalue weighted by molar-refractivity contribution is -0.137. The molecule has 2 aromatic carbocycles. The molecule has 182 valence electrons. The van der Waals surface area contributed by atoms with Gasteiger partial charge in [0.05, 0.1) is 19.8 Å². The van der Waals surface area contributed by atoms with E-state index in [1.54, 1.807) is 20.3 Å². The number of rotatable bonds is 4. The Morgan fingerprint density at radius 3 is 2.37 bits per heavy atom. The van der Waals surface area contributed by atoms with Crippen LogP contribution in [0.15, 0.2) is 53.7 Å². The van der Waals surface area contributed by atoms with Crippen molar-refractivity contribution in [1.82, 2.24) is 14.8 Å². The Bertz CT molecular complexity index is 1330. The first-order chi connectivity index (χ1) is 16.7. The average Bonchev–Trinajstić information content (AvgIpc) is 3.21. The van der Waals surface area contributed by atoms with E-state index in [0.29, 0.717) is 40.7 Å². The highest BCUT2D eigenvalue weighted by molar-refractivity contribution is 6.00. The van der Waals surface area contributed by atoms with Crippen molar-refractivity contribution in [2.45, 2.75) is 31.0 Å². The molecule has 1 aromatic heterocycles. The zero-order valence-corrected chi connectivity index (χ0v) is 18.9. The van der Waals surface area contributed by atoms with E-state index in [4.69, 9.17) is 15.2 Å². The highest BCUT2D eigenvalue weighted by Gasteiger charge is 2.40. The van der Waals surface area contributed by atoms with Crippen LogP contribution in [-0.4, -0.2) is 34.8 Å². The Hall–Kier alpha value is -4.02.